The van der Waals surface area contributed by atoms with Gasteiger partial charge >= 0.3 is 0 Å². The third-order valence-corrected chi connectivity index (χ3v) is 1.51. The van der Waals surface area contributed by atoms with Crippen molar-refractivity contribution in [1.29, 1.82) is 0 Å². The number of hydrogen-bond acceptors (Lipinski definition) is 2. The second kappa shape index (κ2) is 11.2. The molecule has 0 amide bonds. The van der Waals surface area contributed by atoms with Crippen molar-refractivity contribution in [3.63, 3.8) is 0 Å². The fraction of sp³-hybridized carbons (Fsp3) is 0.600. The minimum atomic E-state index is 0. The predicted molar refractivity (Wildman–Crippen MR) is 69.5 cm³/mol. The van der Waals surface area contributed by atoms with Crippen LogP contribution in [0.1, 0.15) is 6.42 Å². The van der Waals surface area contributed by atoms with Crippen molar-refractivity contribution in [1.82, 2.24) is 10.6 Å². The molecule has 65 valence electrons. The van der Waals surface area contributed by atoms with Crippen LogP contribution in [0.4, 0.5) is 0 Å². The van der Waals surface area contributed by atoms with Crippen LogP contribution in [0.25, 0.3) is 0 Å². The SMILES string of the molecule is S=C(S)NCCCNC(=S)S.[K]. The fourth-order valence-electron chi connectivity index (χ4n) is 0.479. The molecule has 0 aliphatic carbocycles. The minimum absolute atomic E-state index is 0. The molecule has 0 unspecified atom stereocenters. The van der Waals surface area contributed by atoms with Gasteiger partial charge in [-0.15, -0.1) is 25.3 Å². The molecule has 0 aliphatic heterocycles. The predicted octanol–water partition coefficient (Wildman–Crippen LogP) is 0.604. The van der Waals surface area contributed by atoms with Gasteiger partial charge in [-0.1, -0.05) is 24.4 Å². The average Bonchev–Trinajstić information content (AvgIpc) is 1.85. The van der Waals surface area contributed by atoms with Crippen LogP contribution in [0.5, 0.6) is 0 Å². The Morgan fingerprint density at radius 1 is 1.00 bits per heavy atom. The minimum Gasteiger partial charge on any atom is -0.371 e. The normalized spacial score (nSPS) is 8.17. The Kier molecular flexibility index (Phi) is 15.4. The molecule has 2 nitrogen and oxygen atoms in total. The van der Waals surface area contributed by atoms with Gasteiger partial charge in [-0.3, -0.25) is 0 Å². The van der Waals surface area contributed by atoms with Crippen molar-refractivity contribution in [2.45, 2.75) is 6.42 Å². The molecular formula is C5H10KN2S4. The molecule has 0 heterocycles. The monoisotopic (exact) mass is 265 g/mol. The Morgan fingerprint density at radius 3 is 1.58 bits per heavy atom. The van der Waals surface area contributed by atoms with Crippen molar-refractivity contribution < 1.29 is 0 Å². The van der Waals surface area contributed by atoms with Crippen molar-refractivity contribution in [2.75, 3.05) is 13.1 Å². The van der Waals surface area contributed by atoms with E-state index in [2.05, 4.69) is 60.3 Å². The Bertz CT molecular complexity index is 136. The first-order valence-corrected chi connectivity index (χ1v) is 4.77. The molecule has 1 radical (unpaired) electrons. The quantitative estimate of drug-likeness (QED) is 0.259. The molecule has 7 heteroatoms. The van der Waals surface area contributed by atoms with Gasteiger partial charge < -0.3 is 10.6 Å². The van der Waals surface area contributed by atoms with E-state index in [1.165, 1.54) is 0 Å². The number of nitrogens with one attached hydrogen (secondary N) is 2. The summed E-state index contributed by atoms with van der Waals surface area (Å²) in [5.41, 5.74) is 0. The number of thiol groups is 2. The zero-order valence-electron chi connectivity index (χ0n) is 6.83. The van der Waals surface area contributed by atoms with Gasteiger partial charge in [0, 0.05) is 64.5 Å². The van der Waals surface area contributed by atoms with Gasteiger partial charge in [0.05, 0.1) is 0 Å². The van der Waals surface area contributed by atoms with Gasteiger partial charge in [-0.25, -0.2) is 0 Å². The Balaban J connectivity index is 0. The van der Waals surface area contributed by atoms with Crippen LogP contribution >= 0.6 is 49.7 Å². The van der Waals surface area contributed by atoms with E-state index in [-0.39, 0.29) is 51.4 Å². The van der Waals surface area contributed by atoms with E-state index in [1.54, 1.807) is 0 Å². The van der Waals surface area contributed by atoms with E-state index in [9.17, 15) is 0 Å². The summed E-state index contributed by atoms with van der Waals surface area (Å²) in [5.74, 6) is 0. The van der Waals surface area contributed by atoms with E-state index in [1.807, 2.05) is 0 Å². The molecule has 2 N–H and O–H groups in total. The summed E-state index contributed by atoms with van der Waals surface area (Å²) >= 11 is 17.2. The van der Waals surface area contributed by atoms with Crippen LogP contribution < -0.4 is 10.6 Å². The second-order valence-corrected chi connectivity index (χ2v) is 4.13. The van der Waals surface area contributed by atoms with Crippen molar-refractivity contribution >= 4 is 110 Å². The first kappa shape index (κ1) is 16.5. The van der Waals surface area contributed by atoms with Gasteiger partial charge in [-0.2, -0.15) is 0 Å². The molecule has 0 aromatic carbocycles. The molecule has 0 aliphatic rings. The van der Waals surface area contributed by atoms with Gasteiger partial charge in [0.1, 0.15) is 8.64 Å². The van der Waals surface area contributed by atoms with Gasteiger partial charge in [0.2, 0.25) is 0 Å². The summed E-state index contributed by atoms with van der Waals surface area (Å²) in [4.78, 5) is 0. The molecule has 0 atom stereocenters. The van der Waals surface area contributed by atoms with Gasteiger partial charge in [-0.05, 0) is 6.42 Å². The van der Waals surface area contributed by atoms with E-state index in [4.69, 9.17) is 0 Å². The first-order chi connectivity index (χ1) is 5.13. The number of hydrogen-bond donors (Lipinski definition) is 4. The van der Waals surface area contributed by atoms with Gasteiger partial charge in [0.25, 0.3) is 0 Å². The van der Waals surface area contributed by atoms with Crippen LogP contribution in [-0.2, 0) is 0 Å². The molecule has 0 rings (SSSR count). The molecule has 0 aromatic rings. The molecule has 0 aromatic heterocycles. The molecule has 12 heavy (non-hydrogen) atoms. The molecule has 0 bridgehead atoms. The van der Waals surface area contributed by atoms with E-state index in [0.717, 1.165) is 19.5 Å². The average molecular weight is 266 g/mol. The summed E-state index contributed by atoms with van der Waals surface area (Å²) in [7, 11) is 0. The molecule has 0 saturated heterocycles. The maximum atomic E-state index is 4.69. The zero-order valence-corrected chi connectivity index (χ0v) is 13.4. The fourth-order valence-corrected chi connectivity index (χ4v) is 0.907. The van der Waals surface area contributed by atoms with Crippen molar-refractivity contribution in [3.8, 4) is 0 Å². The van der Waals surface area contributed by atoms with E-state index >= 15 is 0 Å². The van der Waals surface area contributed by atoms with Crippen LogP contribution in [0.15, 0.2) is 0 Å². The maximum Gasteiger partial charge on any atom is 0.130 e. The summed E-state index contributed by atoms with van der Waals surface area (Å²) < 4.78 is 1.05. The smallest absolute Gasteiger partial charge is 0.130 e. The first-order valence-electron chi connectivity index (χ1n) is 3.06. The maximum absolute atomic E-state index is 4.69. The molecule has 0 saturated carbocycles. The summed E-state index contributed by atoms with van der Waals surface area (Å²) in [5, 5.41) is 5.81. The summed E-state index contributed by atoms with van der Waals surface area (Å²) in [6, 6.07) is 0. The number of rotatable bonds is 4. The topological polar surface area (TPSA) is 24.1 Å². The van der Waals surface area contributed by atoms with Crippen LogP contribution in [-0.4, -0.2) is 73.1 Å². The van der Waals surface area contributed by atoms with Crippen LogP contribution in [0.3, 0.4) is 0 Å². The largest absolute Gasteiger partial charge is 0.371 e. The molecular weight excluding hydrogens is 255 g/mol. The third-order valence-electron chi connectivity index (χ3n) is 0.906. The van der Waals surface area contributed by atoms with Crippen LogP contribution in [0, 0.1) is 0 Å². The Morgan fingerprint density at radius 2 is 1.33 bits per heavy atom. The molecule has 0 fully saturated rings. The van der Waals surface area contributed by atoms with E-state index < -0.39 is 0 Å². The Hall–Kier alpha value is 2.12. The van der Waals surface area contributed by atoms with Gasteiger partial charge in [0.15, 0.2) is 0 Å². The van der Waals surface area contributed by atoms with Crippen molar-refractivity contribution in [2.24, 2.45) is 0 Å². The summed E-state index contributed by atoms with van der Waals surface area (Å²) in [6.45, 7) is 1.62. The zero-order chi connectivity index (χ0) is 8.69. The summed E-state index contributed by atoms with van der Waals surface area (Å²) in [6.07, 6.45) is 0.946. The Labute approximate surface area is 137 Å². The van der Waals surface area contributed by atoms with Crippen molar-refractivity contribution in [3.05, 3.63) is 0 Å². The third kappa shape index (κ3) is 14.6. The molecule has 0 spiro atoms. The van der Waals surface area contributed by atoms with E-state index in [0.29, 0.717) is 8.64 Å². The second-order valence-electron chi connectivity index (χ2n) is 1.82. The standard InChI is InChI=1S/C5H10N2S4.K/c8-4(9)6-2-1-3-7-5(10)11;/h1-3H2,(H2,6,8,9)(H2,7,10,11);. The van der Waals surface area contributed by atoms with Crippen LogP contribution in [0.2, 0.25) is 0 Å². The number of thiocarbonyl (C=S) groups is 2.